The summed E-state index contributed by atoms with van der Waals surface area (Å²) >= 11 is 4.04. The van der Waals surface area contributed by atoms with E-state index in [1.54, 1.807) is 0 Å². The van der Waals surface area contributed by atoms with Crippen molar-refractivity contribution in [1.29, 1.82) is 0 Å². The molecule has 1 saturated heterocycles. The average Bonchev–Trinajstić information content (AvgIpc) is 2.51. The van der Waals surface area contributed by atoms with E-state index in [4.69, 9.17) is 0 Å². The van der Waals surface area contributed by atoms with Crippen molar-refractivity contribution in [1.82, 2.24) is 5.32 Å². The second kappa shape index (κ2) is 6.80. The first-order valence-electron chi connectivity index (χ1n) is 4.86. The Morgan fingerprint density at radius 2 is 2.54 bits per heavy atom. The van der Waals surface area contributed by atoms with Crippen molar-refractivity contribution < 1.29 is 0 Å². The van der Waals surface area contributed by atoms with Gasteiger partial charge in [0, 0.05) is 35.1 Å². The van der Waals surface area contributed by atoms with E-state index in [1.807, 2.05) is 17.8 Å². The Kier molecular flexibility index (Phi) is 6.00. The maximum absolute atomic E-state index is 3.70. The zero-order chi connectivity index (χ0) is 9.52. The predicted molar refractivity (Wildman–Crippen MR) is 65.8 cm³/mol. The summed E-state index contributed by atoms with van der Waals surface area (Å²) in [5.41, 5.74) is 0. The van der Waals surface area contributed by atoms with Crippen LogP contribution in [0.15, 0.2) is 12.7 Å². The van der Waals surface area contributed by atoms with Crippen LogP contribution in [-0.4, -0.2) is 35.1 Å². The monoisotopic (exact) mass is 217 g/mol. The third kappa shape index (κ3) is 4.99. The van der Waals surface area contributed by atoms with Gasteiger partial charge in [-0.15, -0.1) is 6.58 Å². The number of thioether (sulfide) groups is 2. The van der Waals surface area contributed by atoms with Crippen molar-refractivity contribution in [2.24, 2.45) is 0 Å². The van der Waals surface area contributed by atoms with Gasteiger partial charge in [0.2, 0.25) is 0 Å². The van der Waals surface area contributed by atoms with E-state index in [9.17, 15) is 0 Å². The first-order valence-corrected chi connectivity index (χ1v) is 7.07. The molecule has 0 radical (unpaired) electrons. The molecule has 3 heteroatoms. The molecule has 0 spiro atoms. The molecule has 1 rings (SSSR count). The van der Waals surface area contributed by atoms with Gasteiger partial charge in [-0.25, -0.2) is 0 Å². The fourth-order valence-electron chi connectivity index (χ4n) is 1.46. The Bertz CT molecular complexity index is 150. The Morgan fingerprint density at radius 1 is 1.69 bits per heavy atom. The van der Waals surface area contributed by atoms with Gasteiger partial charge in [0.15, 0.2) is 0 Å². The van der Waals surface area contributed by atoms with Crippen LogP contribution in [0.2, 0.25) is 0 Å². The van der Waals surface area contributed by atoms with Gasteiger partial charge in [0.25, 0.3) is 0 Å². The van der Waals surface area contributed by atoms with Crippen molar-refractivity contribution >= 4 is 23.5 Å². The largest absolute Gasteiger partial charge is 0.312 e. The number of nitrogens with one attached hydrogen (secondary N) is 1. The molecule has 0 aliphatic carbocycles. The topological polar surface area (TPSA) is 12.0 Å². The average molecular weight is 217 g/mol. The molecule has 1 fully saturated rings. The van der Waals surface area contributed by atoms with Crippen LogP contribution < -0.4 is 5.32 Å². The zero-order valence-corrected chi connectivity index (χ0v) is 9.92. The van der Waals surface area contributed by atoms with Crippen LogP contribution in [0.4, 0.5) is 0 Å². The van der Waals surface area contributed by atoms with Gasteiger partial charge in [-0.3, -0.25) is 0 Å². The molecule has 0 aromatic carbocycles. The lowest BCUT2D eigenvalue weighted by molar-refractivity contribution is 0.559. The second-order valence-electron chi connectivity index (χ2n) is 3.39. The molecular formula is C10H19NS2. The Labute approximate surface area is 90.1 Å². The Morgan fingerprint density at radius 3 is 3.15 bits per heavy atom. The highest BCUT2D eigenvalue weighted by Crippen LogP contribution is 2.25. The maximum Gasteiger partial charge on any atom is 0.0169 e. The quantitative estimate of drug-likeness (QED) is 0.542. The Balaban J connectivity index is 1.91. The second-order valence-corrected chi connectivity index (χ2v) is 6.02. The third-order valence-electron chi connectivity index (χ3n) is 2.11. The maximum atomic E-state index is 3.70. The molecule has 0 aromatic heterocycles. The minimum atomic E-state index is 0.768. The first-order chi connectivity index (χ1) is 6.33. The molecule has 76 valence electrons. The van der Waals surface area contributed by atoms with Crippen molar-refractivity contribution in [3.63, 3.8) is 0 Å². The summed E-state index contributed by atoms with van der Waals surface area (Å²) in [6.07, 6.45) is 3.31. The summed E-state index contributed by atoms with van der Waals surface area (Å²) in [4.78, 5) is 0. The molecular weight excluding hydrogens is 198 g/mol. The van der Waals surface area contributed by atoms with E-state index in [1.165, 1.54) is 17.9 Å². The van der Waals surface area contributed by atoms with E-state index in [0.717, 1.165) is 23.6 Å². The van der Waals surface area contributed by atoms with Gasteiger partial charge in [-0.05, 0) is 6.42 Å². The van der Waals surface area contributed by atoms with Gasteiger partial charge < -0.3 is 5.32 Å². The SMILES string of the molecule is C=CCSCCNC1CSC(C)C1. The van der Waals surface area contributed by atoms with Gasteiger partial charge >= 0.3 is 0 Å². The van der Waals surface area contributed by atoms with Crippen molar-refractivity contribution in [2.45, 2.75) is 24.6 Å². The van der Waals surface area contributed by atoms with Gasteiger partial charge in [0.1, 0.15) is 0 Å². The molecule has 0 saturated carbocycles. The minimum absolute atomic E-state index is 0.768. The summed E-state index contributed by atoms with van der Waals surface area (Å²) < 4.78 is 0. The number of hydrogen-bond donors (Lipinski definition) is 1. The van der Waals surface area contributed by atoms with Crippen molar-refractivity contribution in [3.05, 3.63) is 12.7 Å². The molecule has 1 aliphatic rings. The van der Waals surface area contributed by atoms with Crippen LogP contribution in [-0.2, 0) is 0 Å². The van der Waals surface area contributed by atoms with E-state index < -0.39 is 0 Å². The lowest BCUT2D eigenvalue weighted by Crippen LogP contribution is -2.30. The zero-order valence-electron chi connectivity index (χ0n) is 8.29. The minimum Gasteiger partial charge on any atom is -0.312 e. The highest BCUT2D eigenvalue weighted by atomic mass is 32.2. The molecule has 1 aliphatic heterocycles. The van der Waals surface area contributed by atoms with Crippen molar-refractivity contribution in [3.8, 4) is 0 Å². The Hall–Kier alpha value is 0.400. The number of hydrogen-bond acceptors (Lipinski definition) is 3. The summed E-state index contributed by atoms with van der Waals surface area (Å²) in [6.45, 7) is 7.17. The lowest BCUT2D eigenvalue weighted by atomic mass is 10.2. The van der Waals surface area contributed by atoms with E-state index in [-0.39, 0.29) is 0 Å². The van der Waals surface area contributed by atoms with E-state index in [0.29, 0.717) is 0 Å². The fourth-order valence-corrected chi connectivity index (χ4v) is 3.24. The summed E-state index contributed by atoms with van der Waals surface area (Å²) in [5, 5.41) is 4.45. The van der Waals surface area contributed by atoms with Crippen LogP contribution in [0, 0.1) is 0 Å². The highest BCUT2D eigenvalue weighted by molar-refractivity contribution is 8.00. The summed E-state index contributed by atoms with van der Waals surface area (Å²) in [7, 11) is 0. The van der Waals surface area contributed by atoms with Crippen LogP contribution >= 0.6 is 23.5 Å². The molecule has 0 bridgehead atoms. The molecule has 2 atom stereocenters. The summed E-state index contributed by atoms with van der Waals surface area (Å²) in [6, 6.07) is 0.768. The first kappa shape index (κ1) is 11.5. The molecule has 1 N–H and O–H groups in total. The van der Waals surface area contributed by atoms with Gasteiger partial charge in [-0.1, -0.05) is 13.0 Å². The molecule has 2 unspecified atom stereocenters. The van der Waals surface area contributed by atoms with Gasteiger partial charge in [0.05, 0.1) is 0 Å². The van der Waals surface area contributed by atoms with Crippen LogP contribution in [0.5, 0.6) is 0 Å². The number of rotatable bonds is 6. The predicted octanol–water partition coefficient (Wildman–Crippen LogP) is 2.39. The smallest absolute Gasteiger partial charge is 0.0169 e. The highest BCUT2D eigenvalue weighted by Gasteiger charge is 2.20. The van der Waals surface area contributed by atoms with Crippen LogP contribution in [0.3, 0.4) is 0 Å². The van der Waals surface area contributed by atoms with Crippen LogP contribution in [0.1, 0.15) is 13.3 Å². The fraction of sp³-hybridized carbons (Fsp3) is 0.800. The molecule has 0 amide bonds. The normalized spacial score (nSPS) is 27.8. The van der Waals surface area contributed by atoms with E-state index in [2.05, 4.69) is 30.6 Å². The summed E-state index contributed by atoms with van der Waals surface area (Å²) in [5.74, 6) is 3.59. The lowest BCUT2D eigenvalue weighted by Gasteiger charge is -2.10. The van der Waals surface area contributed by atoms with E-state index >= 15 is 0 Å². The van der Waals surface area contributed by atoms with Crippen LogP contribution in [0.25, 0.3) is 0 Å². The standard InChI is InChI=1S/C10H19NS2/c1-3-5-12-6-4-11-10-7-9(2)13-8-10/h3,9-11H,1,4-8H2,2H3. The molecule has 0 aromatic rings. The van der Waals surface area contributed by atoms with Gasteiger partial charge in [-0.2, -0.15) is 23.5 Å². The molecule has 13 heavy (non-hydrogen) atoms. The van der Waals surface area contributed by atoms with Crippen molar-refractivity contribution in [2.75, 3.05) is 23.8 Å². The molecule has 1 heterocycles. The molecule has 1 nitrogen and oxygen atoms in total. The third-order valence-corrected chi connectivity index (χ3v) is 4.43.